The topological polar surface area (TPSA) is 78.9 Å². The van der Waals surface area contributed by atoms with E-state index in [0.717, 1.165) is 5.57 Å². The monoisotopic (exact) mass is 388 g/mol. The molecule has 4 aliphatic rings. The fourth-order valence-corrected chi connectivity index (χ4v) is 6.81. The highest BCUT2D eigenvalue weighted by Gasteiger charge is 2.72. The van der Waals surface area contributed by atoms with E-state index in [1.807, 2.05) is 33.8 Å². The minimum atomic E-state index is -0.936. The van der Waals surface area contributed by atoms with Crippen molar-refractivity contribution < 1.29 is 28.6 Å². The first-order valence-corrected chi connectivity index (χ1v) is 9.91. The second kappa shape index (κ2) is 5.94. The standard InChI is InChI=1S/C22H28O6/c1-10-7-14(26-5)20(25)22(4)12(10)8-15-21(3)13(9-16(23)28-15)11(2)18(27-6)17(24)19(21)22/h7,10,12-13,15,19H,8-9H2,1-6H3/t10-,12-,13+,15-,19-,21-,22+/m0/s1. The summed E-state index contributed by atoms with van der Waals surface area (Å²) in [5.41, 5.74) is -0.795. The third-order valence-corrected chi connectivity index (χ3v) is 8.10. The number of esters is 1. The molecule has 0 radical (unpaired) electrons. The summed E-state index contributed by atoms with van der Waals surface area (Å²) in [6.07, 6.45) is 2.21. The van der Waals surface area contributed by atoms with Gasteiger partial charge >= 0.3 is 5.97 Å². The predicted octanol–water partition coefficient (Wildman–Crippen LogP) is 2.82. The minimum absolute atomic E-state index is 0.0204. The van der Waals surface area contributed by atoms with Gasteiger partial charge in [0.2, 0.25) is 11.6 Å². The van der Waals surface area contributed by atoms with Crippen LogP contribution in [0.15, 0.2) is 23.2 Å². The van der Waals surface area contributed by atoms with E-state index >= 15 is 0 Å². The predicted molar refractivity (Wildman–Crippen MR) is 99.8 cm³/mol. The Kier molecular flexibility index (Phi) is 4.08. The molecule has 6 nitrogen and oxygen atoms in total. The van der Waals surface area contributed by atoms with Gasteiger partial charge in [0.05, 0.1) is 20.6 Å². The Bertz CT molecular complexity index is 838. The molecule has 0 aromatic heterocycles. The maximum Gasteiger partial charge on any atom is 0.306 e. The van der Waals surface area contributed by atoms with Crippen LogP contribution in [0.25, 0.3) is 0 Å². The summed E-state index contributed by atoms with van der Waals surface area (Å²) >= 11 is 0. The maximum atomic E-state index is 13.7. The Balaban J connectivity index is 1.99. The van der Waals surface area contributed by atoms with Crippen molar-refractivity contribution in [2.45, 2.75) is 46.6 Å². The van der Waals surface area contributed by atoms with Crippen molar-refractivity contribution in [2.75, 3.05) is 14.2 Å². The van der Waals surface area contributed by atoms with Crippen LogP contribution in [0.1, 0.15) is 40.5 Å². The van der Waals surface area contributed by atoms with Crippen molar-refractivity contribution >= 4 is 17.5 Å². The first-order valence-electron chi connectivity index (χ1n) is 9.91. The molecule has 0 aromatic rings. The summed E-state index contributed by atoms with van der Waals surface area (Å²) in [7, 11) is 2.97. The molecule has 6 heteroatoms. The van der Waals surface area contributed by atoms with Crippen LogP contribution in [-0.4, -0.2) is 37.9 Å². The average Bonchev–Trinajstić information content (AvgIpc) is 2.63. The lowest BCUT2D eigenvalue weighted by Crippen LogP contribution is -2.69. The molecule has 1 aliphatic heterocycles. The zero-order chi connectivity index (χ0) is 20.6. The Morgan fingerprint density at radius 2 is 1.82 bits per heavy atom. The first-order chi connectivity index (χ1) is 13.1. The van der Waals surface area contributed by atoms with E-state index in [9.17, 15) is 14.4 Å². The molecule has 152 valence electrons. The lowest BCUT2D eigenvalue weighted by molar-refractivity contribution is -0.217. The number of carbonyl (C=O) groups is 3. The molecule has 28 heavy (non-hydrogen) atoms. The van der Waals surface area contributed by atoms with E-state index in [1.165, 1.54) is 14.2 Å². The van der Waals surface area contributed by atoms with Crippen LogP contribution in [0, 0.1) is 34.5 Å². The van der Waals surface area contributed by atoms with Crippen LogP contribution in [0.5, 0.6) is 0 Å². The first kappa shape index (κ1) is 19.2. The fourth-order valence-electron chi connectivity index (χ4n) is 6.81. The van der Waals surface area contributed by atoms with Crippen LogP contribution in [0.3, 0.4) is 0 Å². The Morgan fingerprint density at radius 3 is 2.43 bits per heavy atom. The number of hydrogen-bond donors (Lipinski definition) is 0. The summed E-state index contributed by atoms with van der Waals surface area (Å²) in [5, 5.41) is 0. The van der Waals surface area contributed by atoms with Crippen LogP contribution >= 0.6 is 0 Å². The van der Waals surface area contributed by atoms with Crippen molar-refractivity contribution in [3.8, 4) is 0 Å². The summed E-state index contributed by atoms with van der Waals surface area (Å²) in [6, 6.07) is 0. The largest absolute Gasteiger partial charge is 0.493 e. The quantitative estimate of drug-likeness (QED) is 0.677. The second-order valence-corrected chi connectivity index (χ2v) is 9.16. The average molecular weight is 388 g/mol. The van der Waals surface area contributed by atoms with Crippen molar-refractivity contribution in [1.82, 2.24) is 0 Å². The molecule has 7 atom stereocenters. The number of ketones is 2. The molecule has 1 saturated carbocycles. The van der Waals surface area contributed by atoms with E-state index in [1.54, 1.807) is 0 Å². The van der Waals surface area contributed by atoms with Gasteiger partial charge in [-0.1, -0.05) is 20.8 Å². The van der Waals surface area contributed by atoms with Gasteiger partial charge in [0, 0.05) is 22.7 Å². The molecule has 4 rings (SSSR count). The summed E-state index contributed by atoms with van der Waals surface area (Å²) in [4.78, 5) is 39.6. The van der Waals surface area contributed by atoms with E-state index < -0.39 is 22.9 Å². The summed E-state index contributed by atoms with van der Waals surface area (Å²) in [6.45, 7) is 7.80. The van der Waals surface area contributed by atoms with E-state index in [4.69, 9.17) is 14.2 Å². The number of ether oxygens (including phenoxy) is 3. The Morgan fingerprint density at radius 1 is 1.14 bits per heavy atom. The number of rotatable bonds is 2. The number of methoxy groups -OCH3 is 2. The number of fused-ring (bicyclic) bond motifs is 2. The number of Topliss-reactive ketones (excluding diaryl/α,β-unsaturated/α-hetero) is 2. The van der Waals surface area contributed by atoms with Crippen molar-refractivity contribution in [3.63, 3.8) is 0 Å². The van der Waals surface area contributed by atoms with Gasteiger partial charge in [-0.05, 0) is 36.8 Å². The van der Waals surface area contributed by atoms with E-state index in [0.29, 0.717) is 12.2 Å². The minimum Gasteiger partial charge on any atom is -0.493 e. The van der Waals surface area contributed by atoms with Crippen molar-refractivity contribution in [2.24, 2.45) is 34.5 Å². The third kappa shape index (κ3) is 2.06. The highest BCUT2D eigenvalue weighted by atomic mass is 16.5. The van der Waals surface area contributed by atoms with Gasteiger partial charge in [-0.2, -0.15) is 0 Å². The number of hydrogen-bond acceptors (Lipinski definition) is 6. The Labute approximate surface area is 165 Å². The Hall–Kier alpha value is -2.11. The molecule has 0 amide bonds. The van der Waals surface area contributed by atoms with Gasteiger partial charge in [-0.25, -0.2) is 0 Å². The van der Waals surface area contributed by atoms with E-state index in [-0.39, 0.29) is 47.5 Å². The highest BCUT2D eigenvalue weighted by Crippen LogP contribution is 2.67. The molecule has 3 aliphatic carbocycles. The highest BCUT2D eigenvalue weighted by molar-refractivity contribution is 6.07. The number of carbonyl (C=O) groups excluding carboxylic acids is 3. The smallest absolute Gasteiger partial charge is 0.306 e. The zero-order valence-corrected chi connectivity index (χ0v) is 17.3. The maximum absolute atomic E-state index is 13.7. The van der Waals surface area contributed by atoms with Gasteiger partial charge in [-0.3, -0.25) is 14.4 Å². The fraction of sp³-hybridized carbons (Fsp3) is 0.682. The van der Waals surface area contributed by atoms with Crippen LogP contribution < -0.4 is 0 Å². The summed E-state index contributed by atoms with van der Waals surface area (Å²) in [5.74, 6) is -0.854. The second-order valence-electron chi connectivity index (χ2n) is 9.16. The van der Waals surface area contributed by atoms with Gasteiger partial charge in [0.15, 0.2) is 11.5 Å². The normalized spacial score (nSPS) is 45.0. The van der Waals surface area contributed by atoms with E-state index in [2.05, 4.69) is 0 Å². The van der Waals surface area contributed by atoms with Gasteiger partial charge in [-0.15, -0.1) is 0 Å². The molecule has 2 fully saturated rings. The summed E-state index contributed by atoms with van der Waals surface area (Å²) < 4.78 is 16.7. The third-order valence-electron chi connectivity index (χ3n) is 8.10. The molecule has 0 unspecified atom stereocenters. The molecule has 0 bridgehead atoms. The van der Waals surface area contributed by atoms with Crippen molar-refractivity contribution in [1.29, 1.82) is 0 Å². The van der Waals surface area contributed by atoms with Crippen LogP contribution in [-0.2, 0) is 28.6 Å². The lowest BCUT2D eigenvalue weighted by Gasteiger charge is -2.64. The molecule has 0 N–H and O–H groups in total. The molecule has 1 saturated heterocycles. The van der Waals surface area contributed by atoms with Gasteiger partial charge in [0.1, 0.15) is 6.10 Å². The molecule has 0 aromatic carbocycles. The molecular formula is C22H28O6. The van der Waals surface area contributed by atoms with Gasteiger partial charge in [0.25, 0.3) is 0 Å². The van der Waals surface area contributed by atoms with Gasteiger partial charge < -0.3 is 14.2 Å². The molecule has 0 spiro atoms. The van der Waals surface area contributed by atoms with Crippen LogP contribution in [0.4, 0.5) is 0 Å². The zero-order valence-electron chi connectivity index (χ0n) is 17.3. The van der Waals surface area contributed by atoms with Crippen LogP contribution in [0.2, 0.25) is 0 Å². The molecular weight excluding hydrogens is 360 g/mol. The molecule has 1 heterocycles. The number of allylic oxidation sites excluding steroid dienone is 4. The SMILES string of the molecule is COC1=C[C@H](C)[C@@H]2C[C@@H]3OC(=O)C[C@@H]4C(C)=C(OC)C(=O)[C@H]([C@]2(C)C1=O)[C@]34C. The van der Waals surface area contributed by atoms with Crippen molar-refractivity contribution in [3.05, 3.63) is 23.2 Å². The lowest BCUT2D eigenvalue weighted by atomic mass is 9.40.